The predicted octanol–water partition coefficient (Wildman–Crippen LogP) is 10.0. The second-order valence-electron chi connectivity index (χ2n) is 30.4. The van der Waals surface area contributed by atoms with E-state index in [1.165, 1.54) is 417 Å². The van der Waals surface area contributed by atoms with E-state index in [-0.39, 0.29) is 180 Å². The van der Waals surface area contributed by atoms with Crippen LogP contribution in [0.1, 0.15) is 548 Å². The van der Waals surface area contributed by atoms with E-state index < -0.39 is 29.8 Å². The summed E-state index contributed by atoms with van der Waals surface area (Å²) in [6.45, 7) is 11.3. The van der Waals surface area contributed by atoms with Gasteiger partial charge in [0.25, 0.3) is 0 Å². The molecule has 0 N–H and O–H groups in total. The molecule has 0 amide bonds. The molecule has 0 aromatic rings. The van der Waals surface area contributed by atoms with E-state index in [2.05, 4.69) is 34.6 Å². The van der Waals surface area contributed by atoms with Crippen molar-refractivity contribution in [1.82, 2.24) is 0 Å². The van der Waals surface area contributed by atoms with Crippen LogP contribution >= 0.6 is 0 Å². The van der Waals surface area contributed by atoms with Crippen molar-refractivity contribution < 1.29 is 197 Å². The maximum absolute atomic E-state index is 10.2. The van der Waals surface area contributed by atoms with Gasteiger partial charge in [-0.2, -0.15) is 0 Å². The fraction of sp³-hybridized carbons (Fsp3) is 0.944. The first-order valence-corrected chi connectivity index (χ1v) is 44.8. The van der Waals surface area contributed by atoms with E-state index in [1.54, 1.807) is 0 Å². The Hall–Kier alpha value is 2.35. The molecule has 0 spiro atoms. The fourth-order valence-corrected chi connectivity index (χ4v) is 13.2. The number of rotatable bonds is 80. The van der Waals surface area contributed by atoms with Gasteiger partial charge in [-0.3, -0.25) is 0 Å². The fourth-order valence-electron chi connectivity index (χ4n) is 13.2. The summed E-state index contributed by atoms with van der Waals surface area (Å²) in [6, 6.07) is 0. The molecule has 0 unspecified atom stereocenters. The Kier molecular flexibility index (Phi) is 152. The largest absolute Gasteiger partial charge is 1.00 e. The molecule has 0 aromatic carbocycles. The molecule has 0 radical (unpaired) electrons. The van der Waals surface area contributed by atoms with Crippen LogP contribution < -0.4 is 173 Å². The third-order valence-electron chi connectivity index (χ3n) is 19.9. The van der Waals surface area contributed by atoms with Crippen LogP contribution in [0.2, 0.25) is 0 Å². The average molecular weight is 1530 g/mol. The zero-order chi connectivity index (χ0) is 74.5. The maximum Gasteiger partial charge on any atom is 1.00 e. The number of aliphatic carboxylic acids is 5. The molecule has 105 heavy (non-hydrogen) atoms. The summed E-state index contributed by atoms with van der Waals surface area (Å²) in [5.41, 5.74) is 0. The summed E-state index contributed by atoms with van der Waals surface area (Å²) in [4.78, 5) is 51.1. The van der Waals surface area contributed by atoms with Crippen LogP contribution in [0.3, 0.4) is 0 Å². The molecular weight excluding hydrogens is 1360 g/mol. The summed E-state index contributed by atoms with van der Waals surface area (Å²) in [6.07, 6.45) is 99.3. The van der Waals surface area contributed by atoms with Gasteiger partial charge < -0.3 is 49.5 Å². The second-order valence-corrected chi connectivity index (χ2v) is 30.4. The minimum atomic E-state index is -0.903. The molecule has 15 heteroatoms. The summed E-state index contributed by atoms with van der Waals surface area (Å²) in [5.74, 6) is -4.52. The van der Waals surface area contributed by atoms with E-state index in [9.17, 15) is 49.5 Å². The van der Waals surface area contributed by atoms with Crippen molar-refractivity contribution in [2.45, 2.75) is 548 Å². The van der Waals surface area contributed by atoms with Crippen LogP contribution in [0.25, 0.3) is 0 Å². The monoisotopic (exact) mass is 1530 g/mol. The molecular formula is C90H175Na5O10. The topological polar surface area (TPSA) is 201 Å². The minimum Gasteiger partial charge on any atom is -0.550 e. The Bertz CT molecular complexity index is 1290. The Balaban J connectivity index is -0.000000133. The molecule has 0 fully saturated rings. The van der Waals surface area contributed by atoms with Gasteiger partial charge in [0.1, 0.15) is 0 Å². The van der Waals surface area contributed by atoms with E-state index in [0.717, 1.165) is 64.2 Å². The first-order valence-electron chi connectivity index (χ1n) is 44.8. The third kappa shape index (κ3) is 152. The van der Waals surface area contributed by atoms with Crippen molar-refractivity contribution >= 4 is 29.8 Å². The Morgan fingerprint density at radius 3 is 0.238 bits per heavy atom. The van der Waals surface area contributed by atoms with Gasteiger partial charge in [-0.1, -0.05) is 484 Å². The molecule has 0 heterocycles. The van der Waals surface area contributed by atoms with Crippen LogP contribution in [0.4, 0.5) is 0 Å². The molecule has 0 rings (SSSR count). The Morgan fingerprint density at radius 2 is 0.181 bits per heavy atom. The van der Waals surface area contributed by atoms with Gasteiger partial charge in [0.05, 0.1) is 0 Å². The van der Waals surface area contributed by atoms with Crippen molar-refractivity contribution in [3.8, 4) is 0 Å². The Morgan fingerprint density at radius 1 is 0.124 bits per heavy atom. The van der Waals surface area contributed by atoms with Gasteiger partial charge >= 0.3 is 148 Å². The van der Waals surface area contributed by atoms with Crippen LogP contribution in [-0.2, 0) is 24.0 Å². The van der Waals surface area contributed by atoms with Crippen molar-refractivity contribution in [1.29, 1.82) is 0 Å². The van der Waals surface area contributed by atoms with Gasteiger partial charge in [-0.05, 0) is 64.2 Å². The second kappa shape index (κ2) is 125. The summed E-state index contributed by atoms with van der Waals surface area (Å²) in [5, 5.41) is 51.1. The first-order chi connectivity index (χ1) is 48.9. The maximum atomic E-state index is 10.2. The van der Waals surface area contributed by atoms with E-state index in [0.29, 0.717) is 0 Å². The minimum absolute atomic E-state index is 0. The van der Waals surface area contributed by atoms with Crippen LogP contribution in [0.5, 0.6) is 0 Å². The van der Waals surface area contributed by atoms with Crippen LogP contribution in [-0.4, -0.2) is 29.8 Å². The van der Waals surface area contributed by atoms with Crippen LogP contribution in [0.15, 0.2) is 0 Å². The SMILES string of the molecule is CCCCCCCCCCCCCCCCCC(=O)[O-].CCCCCCCCCCCCCCCCCC(=O)[O-].CCCCCCCCCCCCCCCCCC(=O)[O-].CCCCCCCCCCCCCCCCCC(=O)[O-].CCCCCCCCCCCCCCCCCC(=O)[O-].[Na+].[Na+].[Na+].[Na+].[Na+]. The van der Waals surface area contributed by atoms with Crippen LogP contribution in [0, 0.1) is 0 Å². The van der Waals surface area contributed by atoms with Gasteiger partial charge in [0.15, 0.2) is 0 Å². The number of unbranched alkanes of at least 4 members (excludes halogenated alkanes) is 70. The number of hydrogen-bond donors (Lipinski definition) is 0. The number of carboxylic acids is 5. The summed E-state index contributed by atoms with van der Waals surface area (Å²) in [7, 11) is 0. The predicted molar refractivity (Wildman–Crippen MR) is 423 cm³/mol. The third-order valence-corrected chi connectivity index (χ3v) is 19.9. The smallest absolute Gasteiger partial charge is 0.550 e. The number of hydrogen-bond acceptors (Lipinski definition) is 10. The van der Waals surface area contributed by atoms with Gasteiger partial charge in [-0.25, -0.2) is 0 Å². The van der Waals surface area contributed by atoms with Gasteiger partial charge in [0.2, 0.25) is 0 Å². The molecule has 0 saturated carbocycles. The zero-order valence-electron chi connectivity index (χ0n) is 73.2. The van der Waals surface area contributed by atoms with Gasteiger partial charge in [-0.15, -0.1) is 0 Å². The molecule has 0 aliphatic rings. The average Bonchev–Trinajstić information content (AvgIpc) is 3.69. The van der Waals surface area contributed by atoms with Crippen molar-refractivity contribution in [3.63, 3.8) is 0 Å². The zero-order valence-corrected chi connectivity index (χ0v) is 83.2. The molecule has 0 saturated heterocycles. The van der Waals surface area contributed by atoms with Crippen molar-refractivity contribution in [2.75, 3.05) is 0 Å². The van der Waals surface area contributed by atoms with E-state index in [1.807, 2.05) is 0 Å². The number of carbonyl (C=O) groups excluding carboxylic acids is 5. The molecule has 600 valence electrons. The molecule has 0 aliphatic heterocycles. The number of carbonyl (C=O) groups is 5. The molecule has 0 aromatic heterocycles. The summed E-state index contributed by atoms with van der Waals surface area (Å²) >= 11 is 0. The molecule has 0 atom stereocenters. The quantitative estimate of drug-likeness (QED) is 0.0417. The standard InChI is InChI=1S/5C18H36O2.5Na/c5*1-2-3-4-5-6-7-8-9-10-11-12-13-14-15-16-17-18(19)20;;;;;/h5*2-17H2,1H3,(H,19,20);;;;;/q;;;;;5*+1/p-5. The number of carboxylic acid groups (broad SMARTS) is 5. The summed E-state index contributed by atoms with van der Waals surface area (Å²) < 4.78 is 0. The molecule has 0 aliphatic carbocycles. The van der Waals surface area contributed by atoms with Crippen molar-refractivity contribution in [2.24, 2.45) is 0 Å². The Labute approximate surface area is 766 Å². The van der Waals surface area contributed by atoms with E-state index >= 15 is 0 Å². The normalized spacial score (nSPS) is 10.3. The molecule has 0 bridgehead atoms. The molecule has 10 nitrogen and oxygen atoms in total. The first kappa shape index (κ1) is 128. The van der Waals surface area contributed by atoms with E-state index in [4.69, 9.17) is 0 Å². The van der Waals surface area contributed by atoms with Gasteiger partial charge in [0, 0.05) is 29.8 Å². The van der Waals surface area contributed by atoms with Crippen molar-refractivity contribution in [3.05, 3.63) is 0 Å².